The van der Waals surface area contributed by atoms with Crippen LogP contribution in [0.15, 0.2) is 12.3 Å². The predicted molar refractivity (Wildman–Crippen MR) is 52.1 cm³/mol. The standard InChI is InChI=1S/C9H7ClN4/c1-2-7-3-8(10)14-9(13-7)6(4-11)5-12-14/h3,5H,2H2,1H3. The summed E-state index contributed by atoms with van der Waals surface area (Å²) in [5.74, 6) is 0. The fraction of sp³-hybridized carbons (Fsp3) is 0.222. The lowest BCUT2D eigenvalue weighted by atomic mass is 10.3. The van der Waals surface area contributed by atoms with Gasteiger partial charge in [-0.1, -0.05) is 18.5 Å². The number of aromatic nitrogens is 3. The number of halogens is 1. The molecule has 14 heavy (non-hydrogen) atoms. The Kier molecular flexibility index (Phi) is 2.10. The molecule has 0 saturated carbocycles. The molecular weight excluding hydrogens is 200 g/mol. The third-order valence-corrected chi connectivity index (χ3v) is 2.23. The molecular formula is C9H7ClN4. The Hall–Kier alpha value is -1.60. The molecule has 0 bridgehead atoms. The van der Waals surface area contributed by atoms with Gasteiger partial charge in [-0.3, -0.25) is 0 Å². The topological polar surface area (TPSA) is 54.0 Å². The van der Waals surface area contributed by atoms with Gasteiger partial charge < -0.3 is 0 Å². The van der Waals surface area contributed by atoms with Crippen molar-refractivity contribution < 1.29 is 0 Å². The first-order chi connectivity index (χ1) is 6.76. The van der Waals surface area contributed by atoms with Gasteiger partial charge in [0, 0.05) is 5.69 Å². The summed E-state index contributed by atoms with van der Waals surface area (Å²) in [5, 5.41) is 13.2. The van der Waals surface area contributed by atoms with Gasteiger partial charge in [-0.05, 0) is 12.5 Å². The van der Waals surface area contributed by atoms with Crippen molar-refractivity contribution in [3.8, 4) is 6.07 Å². The van der Waals surface area contributed by atoms with Crippen LogP contribution in [0.3, 0.4) is 0 Å². The molecule has 0 aliphatic carbocycles. The van der Waals surface area contributed by atoms with Gasteiger partial charge in [-0.15, -0.1) is 0 Å². The summed E-state index contributed by atoms with van der Waals surface area (Å²) < 4.78 is 1.46. The highest BCUT2D eigenvalue weighted by Gasteiger charge is 2.08. The summed E-state index contributed by atoms with van der Waals surface area (Å²) >= 11 is 5.96. The van der Waals surface area contributed by atoms with Gasteiger partial charge in [-0.2, -0.15) is 10.4 Å². The van der Waals surface area contributed by atoms with E-state index >= 15 is 0 Å². The minimum Gasteiger partial charge on any atom is -0.232 e. The lowest BCUT2D eigenvalue weighted by molar-refractivity contribution is 0.913. The van der Waals surface area contributed by atoms with Crippen LogP contribution in [0, 0.1) is 11.3 Å². The second kappa shape index (κ2) is 3.28. The summed E-state index contributed by atoms with van der Waals surface area (Å²) in [6.45, 7) is 1.98. The largest absolute Gasteiger partial charge is 0.232 e. The first kappa shape index (κ1) is 8.97. The zero-order valence-electron chi connectivity index (χ0n) is 7.53. The maximum absolute atomic E-state index is 8.79. The van der Waals surface area contributed by atoms with Gasteiger partial charge in [0.15, 0.2) is 5.65 Å². The van der Waals surface area contributed by atoms with Crippen LogP contribution < -0.4 is 0 Å². The summed E-state index contributed by atoms with van der Waals surface area (Å²) in [7, 11) is 0. The average Bonchev–Trinajstić information content (AvgIpc) is 2.61. The van der Waals surface area contributed by atoms with Gasteiger partial charge in [-0.25, -0.2) is 9.50 Å². The third-order valence-electron chi connectivity index (χ3n) is 1.96. The number of nitriles is 1. The van der Waals surface area contributed by atoms with E-state index in [1.54, 1.807) is 6.07 Å². The van der Waals surface area contributed by atoms with Crippen molar-refractivity contribution in [3.63, 3.8) is 0 Å². The van der Waals surface area contributed by atoms with Gasteiger partial charge in [0.1, 0.15) is 16.8 Å². The maximum atomic E-state index is 8.79. The molecule has 0 spiro atoms. The molecule has 70 valence electrons. The van der Waals surface area contributed by atoms with Gasteiger partial charge in [0.05, 0.1) is 6.20 Å². The first-order valence-corrected chi connectivity index (χ1v) is 4.57. The van der Waals surface area contributed by atoms with Crippen LogP contribution in [0.4, 0.5) is 0 Å². The van der Waals surface area contributed by atoms with Crippen LogP contribution in [0.2, 0.25) is 5.15 Å². The van der Waals surface area contributed by atoms with Crippen molar-refractivity contribution in [1.29, 1.82) is 5.26 Å². The number of nitrogens with zero attached hydrogens (tertiary/aromatic N) is 4. The van der Waals surface area contributed by atoms with Gasteiger partial charge in [0.2, 0.25) is 0 Å². The van der Waals surface area contributed by atoms with E-state index in [1.807, 2.05) is 13.0 Å². The van der Waals surface area contributed by atoms with Crippen molar-refractivity contribution in [3.05, 3.63) is 28.7 Å². The second-order valence-corrected chi connectivity index (χ2v) is 3.22. The highest BCUT2D eigenvalue weighted by Crippen LogP contribution is 2.15. The van der Waals surface area contributed by atoms with Crippen molar-refractivity contribution in [2.75, 3.05) is 0 Å². The first-order valence-electron chi connectivity index (χ1n) is 4.19. The highest BCUT2D eigenvalue weighted by molar-refractivity contribution is 6.29. The van der Waals surface area contributed by atoms with Gasteiger partial charge in [0.25, 0.3) is 0 Å². The van der Waals surface area contributed by atoms with E-state index in [1.165, 1.54) is 10.7 Å². The zero-order chi connectivity index (χ0) is 10.1. The Morgan fingerprint density at radius 3 is 3.07 bits per heavy atom. The molecule has 0 radical (unpaired) electrons. The van der Waals surface area contributed by atoms with Crippen LogP contribution in [-0.4, -0.2) is 14.6 Å². The van der Waals surface area contributed by atoms with E-state index in [9.17, 15) is 0 Å². The zero-order valence-corrected chi connectivity index (χ0v) is 8.28. The summed E-state index contributed by atoms with van der Waals surface area (Å²) in [6.07, 6.45) is 2.25. The molecule has 0 unspecified atom stereocenters. The molecule has 2 aromatic rings. The number of rotatable bonds is 1. The molecule has 0 N–H and O–H groups in total. The fourth-order valence-corrected chi connectivity index (χ4v) is 1.48. The quantitative estimate of drug-likeness (QED) is 0.669. The molecule has 0 fully saturated rings. The van der Waals surface area contributed by atoms with Crippen molar-refractivity contribution >= 4 is 17.2 Å². The number of aryl methyl sites for hydroxylation is 1. The van der Waals surface area contributed by atoms with Crippen LogP contribution in [-0.2, 0) is 6.42 Å². The van der Waals surface area contributed by atoms with Crippen molar-refractivity contribution in [2.24, 2.45) is 0 Å². The molecule has 2 heterocycles. The Morgan fingerprint density at radius 2 is 2.43 bits per heavy atom. The highest BCUT2D eigenvalue weighted by atomic mass is 35.5. The molecule has 5 heteroatoms. The van der Waals surface area contributed by atoms with Crippen LogP contribution >= 0.6 is 11.6 Å². The van der Waals surface area contributed by atoms with Crippen LogP contribution in [0.5, 0.6) is 0 Å². The van der Waals surface area contributed by atoms with Crippen molar-refractivity contribution in [2.45, 2.75) is 13.3 Å². The molecule has 2 rings (SSSR count). The van der Waals surface area contributed by atoms with Crippen molar-refractivity contribution in [1.82, 2.24) is 14.6 Å². The Morgan fingerprint density at radius 1 is 1.64 bits per heavy atom. The number of hydrogen-bond donors (Lipinski definition) is 0. The van der Waals surface area contributed by atoms with E-state index in [0.29, 0.717) is 16.4 Å². The molecule has 0 aliphatic heterocycles. The smallest absolute Gasteiger partial charge is 0.174 e. The Bertz CT molecular complexity index is 523. The van der Waals surface area contributed by atoms with Crippen LogP contribution in [0.25, 0.3) is 5.65 Å². The molecule has 0 saturated heterocycles. The molecule has 0 aromatic carbocycles. The summed E-state index contributed by atoms with van der Waals surface area (Å²) in [5.41, 5.74) is 1.83. The normalized spacial score (nSPS) is 10.4. The number of hydrogen-bond acceptors (Lipinski definition) is 3. The molecule has 0 atom stereocenters. The SMILES string of the molecule is CCc1cc(Cl)n2ncc(C#N)c2n1. The molecule has 0 amide bonds. The van der Waals surface area contributed by atoms with E-state index in [4.69, 9.17) is 16.9 Å². The summed E-state index contributed by atoms with van der Waals surface area (Å²) in [6, 6.07) is 3.78. The maximum Gasteiger partial charge on any atom is 0.174 e. The number of fused-ring (bicyclic) bond motifs is 1. The molecule has 2 aromatic heterocycles. The molecule has 0 aliphatic rings. The minimum absolute atomic E-state index is 0.446. The third kappa shape index (κ3) is 1.22. The average molecular weight is 207 g/mol. The van der Waals surface area contributed by atoms with E-state index in [2.05, 4.69) is 10.1 Å². The predicted octanol–water partition coefficient (Wildman–Crippen LogP) is 1.82. The lowest BCUT2D eigenvalue weighted by Crippen LogP contribution is -1.96. The van der Waals surface area contributed by atoms with Crippen LogP contribution in [0.1, 0.15) is 18.2 Å². The van der Waals surface area contributed by atoms with Gasteiger partial charge >= 0.3 is 0 Å². The Balaban J connectivity index is 2.82. The minimum atomic E-state index is 0.446. The molecule has 4 nitrogen and oxygen atoms in total. The second-order valence-electron chi connectivity index (χ2n) is 2.83. The van der Waals surface area contributed by atoms with E-state index in [-0.39, 0.29) is 0 Å². The monoisotopic (exact) mass is 206 g/mol. The Labute approximate surface area is 85.7 Å². The lowest BCUT2D eigenvalue weighted by Gasteiger charge is -1.99. The van der Waals surface area contributed by atoms with E-state index < -0.39 is 0 Å². The fourth-order valence-electron chi connectivity index (χ4n) is 1.23. The van der Waals surface area contributed by atoms with E-state index in [0.717, 1.165) is 12.1 Å². The summed E-state index contributed by atoms with van der Waals surface area (Å²) in [4.78, 5) is 4.28.